The van der Waals surface area contributed by atoms with Crippen molar-refractivity contribution in [1.82, 2.24) is 0 Å². The molecule has 0 heterocycles. The summed E-state index contributed by atoms with van der Waals surface area (Å²) in [5.41, 5.74) is 4.06. The molecule has 16 heavy (non-hydrogen) atoms. The summed E-state index contributed by atoms with van der Waals surface area (Å²) in [6.45, 7) is -7.12. The Morgan fingerprint density at radius 1 is 1.75 bits per heavy atom. The number of phenolic OH excluding ortho intramolecular Hbond substituents is 2. The Labute approximate surface area is 109 Å². The van der Waals surface area contributed by atoms with E-state index >= 15 is 0 Å². The largest absolute Gasteiger partial charge is 0.504 e. The van der Waals surface area contributed by atoms with E-state index in [1.54, 1.807) is 0 Å². The van der Waals surface area contributed by atoms with E-state index in [0.717, 1.165) is 0 Å². The topological polar surface area (TPSA) is 92.8 Å². The van der Waals surface area contributed by atoms with Crippen LogP contribution in [0.25, 0.3) is 0 Å². The van der Waals surface area contributed by atoms with Crippen molar-refractivity contribution in [1.29, 1.82) is 0 Å². The van der Waals surface area contributed by atoms with E-state index in [1.807, 2.05) is 0 Å². The van der Waals surface area contributed by atoms with Crippen LogP contribution in [0.2, 0.25) is 0 Å². The van der Waals surface area contributed by atoms with Gasteiger partial charge in [0.1, 0.15) is 6.02 Å². The van der Waals surface area contributed by atoms with Crippen molar-refractivity contribution < 1.29 is 34.8 Å². The highest BCUT2D eigenvalue weighted by molar-refractivity contribution is 5.75. The highest BCUT2D eigenvalue weighted by atomic mass is 16.5. The van der Waals surface area contributed by atoms with Gasteiger partial charge in [0.15, 0.2) is 11.5 Å². The van der Waals surface area contributed by atoms with Crippen LogP contribution < -0.4 is 5.73 Å². The van der Waals surface area contributed by atoms with Gasteiger partial charge in [0.2, 0.25) is 0 Å². The van der Waals surface area contributed by atoms with Crippen molar-refractivity contribution in [2.75, 3.05) is 6.56 Å². The number of hydrogen-bond donors (Lipinski definition) is 3. The van der Waals surface area contributed by atoms with Gasteiger partial charge in [-0.15, -0.1) is 0 Å². The molecule has 0 aliphatic carbocycles. The lowest BCUT2D eigenvalue weighted by Gasteiger charge is -2.10. The molecule has 1 atom stereocenters. The predicted molar refractivity (Wildman–Crippen MR) is 58.1 cm³/mol. The highest BCUT2D eigenvalue weighted by Gasteiger charge is 2.15. The molecule has 0 aliphatic rings. The second-order valence-corrected chi connectivity index (χ2v) is 2.48. The minimum absolute atomic E-state index is 1.12. The van der Waals surface area contributed by atoms with Crippen LogP contribution in [0, 0.1) is 0 Å². The molecule has 4 N–H and O–H groups in total. The monoisotopic (exact) mass is 236 g/mol. The Kier molecular flexibility index (Phi) is 1.32. The van der Waals surface area contributed by atoms with Crippen molar-refractivity contribution in [3.8, 4) is 11.5 Å². The van der Waals surface area contributed by atoms with Gasteiger partial charge in [-0.3, -0.25) is 4.79 Å². The number of ether oxygens (including phenoxy) is 1. The molecule has 0 bridgehead atoms. The third-order valence-corrected chi connectivity index (χ3v) is 1.40. The van der Waals surface area contributed by atoms with E-state index < -0.39 is 67.0 Å². The number of nitrogens with two attached hydrogens (primary N) is 1. The second kappa shape index (κ2) is 5.37. The molecule has 5 heteroatoms. The number of rotatable bonds is 4. The summed E-state index contributed by atoms with van der Waals surface area (Å²) in [6, 6.07) is -7.13. The zero-order valence-electron chi connectivity index (χ0n) is 18.8. The molecule has 0 saturated heterocycles. The van der Waals surface area contributed by atoms with Gasteiger partial charge in [-0.1, -0.05) is 6.04 Å². The van der Waals surface area contributed by atoms with Crippen LogP contribution in [0.4, 0.5) is 0 Å². The molecular formula is C11H15NO4. The van der Waals surface area contributed by atoms with E-state index in [2.05, 4.69) is 4.74 Å². The summed E-state index contributed by atoms with van der Waals surface area (Å²) in [5, 5.41) is 19.0. The fourth-order valence-electron chi connectivity index (χ4n) is 0.739. The van der Waals surface area contributed by atoms with Gasteiger partial charge in [0.25, 0.3) is 0 Å². The summed E-state index contributed by atoms with van der Waals surface area (Å²) in [5.74, 6) is -4.69. The first-order valence-electron chi connectivity index (χ1n) is 9.35. The van der Waals surface area contributed by atoms with Gasteiger partial charge < -0.3 is 20.7 Å². The highest BCUT2D eigenvalue weighted by Crippen LogP contribution is 2.25. The molecule has 0 fully saturated rings. The number of aromatic hydroxyl groups is 2. The quantitative estimate of drug-likeness (QED) is 0.524. The van der Waals surface area contributed by atoms with Crippen molar-refractivity contribution in [3.63, 3.8) is 0 Å². The summed E-state index contributed by atoms with van der Waals surface area (Å²) < 4.78 is 85.5. The lowest BCUT2D eigenvalue weighted by molar-refractivity contribution is -0.144. The van der Waals surface area contributed by atoms with Crippen LogP contribution in [-0.2, 0) is 15.9 Å². The second-order valence-electron chi connectivity index (χ2n) is 2.48. The predicted octanol–water partition coefficient (Wildman–Crippen LogP) is 0.531. The number of hydrogen-bond acceptors (Lipinski definition) is 5. The van der Waals surface area contributed by atoms with Crippen molar-refractivity contribution in [2.24, 2.45) is 5.73 Å². The molecule has 0 aliphatic heterocycles. The average molecular weight is 236 g/mol. The summed E-state index contributed by atoms with van der Waals surface area (Å²) in [7, 11) is 0. The fraction of sp³-hybridized carbons (Fsp3) is 0.364. The maximum Gasteiger partial charge on any atom is 0.323 e. The smallest absolute Gasteiger partial charge is 0.323 e. The summed E-state index contributed by atoms with van der Waals surface area (Å²) in [4.78, 5) is 12.1. The molecule has 0 aromatic heterocycles. The van der Waals surface area contributed by atoms with E-state index in [4.69, 9.17) is 20.8 Å². The minimum Gasteiger partial charge on any atom is -0.504 e. The lowest BCUT2D eigenvalue weighted by Crippen LogP contribution is -2.34. The van der Waals surface area contributed by atoms with Crippen LogP contribution in [0.3, 0.4) is 0 Å². The first kappa shape index (κ1) is 3.92. The Morgan fingerprint density at radius 2 is 2.50 bits per heavy atom. The standard InChI is InChI=1S/C11H15NO4/c1-2-16-11(15)8(12)5-7-3-4-9(13)10(14)6-7/h3-4,6,8,13-14H,2,5,12H2,1H3/i1D3,2D2,3D,4D,5D2,6D,8D. The van der Waals surface area contributed by atoms with E-state index in [1.165, 1.54) is 0 Å². The van der Waals surface area contributed by atoms with Gasteiger partial charge in [-0.05, 0) is 30.9 Å². The van der Waals surface area contributed by atoms with E-state index in [-0.39, 0.29) is 0 Å². The summed E-state index contributed by atoms with van der Waals surface area (Å²) >= 11 is 0. The van der Waals surface area contributed by atoms with Gasteiger partial charge >= 0.3 is 5.97 Å². The van der Waals surface area contributed by atoms with Gasteiger partial charge in [-0.25, -0.2) is 0 Å². The molecule has 1 rings (SSSR count). The SMILES string of the molecule is [2H]c1c([2H])c(C([2H])([2H])C([2H])(N)C(=O)OC([2H])([2H])C([2H])([2H])[2H])c([2H])c(O)c1O. The van der Waals surface area contributed by atoms with Crippen molar-refractivity contribution in [3.05, 3.63) is 23.7 Å². The van der Waals surface area contributed by atoms with E-state index in [9.17, 15) is 15.0 Å². The molecule has 88 valence electrons. The molecular weight excluding hydrogens is 210 g/mol. The van der Waals surface area contributed by atoms with Crippen LogP contribution in [-0.4, -0.2) is 28.8 Å². The number of carbonyl (C=O) groups excluding carboxylic acids is 1. The van der Waals surface area contributed by atoms with Crippen molar-refractivity contribution in [2.45, 2.75) is 19.2 Å². The maximum absolute atomic E-state index is 12.1. The molecule has 5 nitrogen and oxygen atoms in total. The third-order valence-electron chi connectivity index (χ3n) is 1.40. The number of benzene rings is 1. The van der Waals surface area contributed by atoms with Crippen molar-refractivity contribution >= 4 is 5.97 Å². The zero-order chi connectivity index (χ0) is 21.7. The first-order chi connectivity index (χ1) is 11.8. The Balaban J connectivity index is 3.53. The van der Waals surface area contributed by atoms with Gasteiger partial charge in [-0.2, -0.15) is 0 Å². The Bertz CT molecular complexity index is 746. The normalized spacial score (nSPS) is 26.7. The molecule has 0 amide bonds. The molecule has 1 aromatic rings. The molecule has 1 aromatic carbocycles. The fourth-order valence-corrected chi connectivity index (χ4v) is 0.739. The Morgan fingerprint density at radius 3 is 3.19 bits per heavy atom. The first-order valence-corrected chi connectivity index (χ1v) is 3.85. The third kappa shape index (κ3) is 3.13. The van der Waals surface area contributed by atoms with Gasteiger partial charge in [0.05, 0.1) is 14.8 Å². The Hall–Kier alpha value is -1.75. The number of phenols is 2. The average Bonchev–Trinajstić information content (AvgIpc) is 2.49. The lowest BCUT2D eigenvalue weighted by atomic mass is 10.1. The molecule has 0 spiro atoms. The van der Waals surface area contributed by atoms with Crippen LogP contribution in [0.5, 0.6) is 11.5 Å². The zero-order valence-corrected chi connectivity index (χ0v) is 7.79. The number of esters is 1. The van der Waals surface area contributed by atoms with Gasteiger partial charge in [0, 0.05) is 6.85 Å². The molecule has 0 saturated carbocycles. The van der Waals surface area contributed by atoms with E-state index in [0.29, 0.717) is 0 Å². The van der Waals surface area contributed by atoms with Crippen LogP contribution in [0.1, 0.15) is 27.5 Å². The number of carbonyl (C=O) groups is 1. The van der Waals surface area contributed by atoms with Crippen LogP contribution in [0.15, 0.2) is 18.1 Å². The maximum atomic E-state index is 12.1. The molecule has 1 unspecified atom stereocenters. The van der Waals surface area contributed by atoms with Crippen LogP contribution >= 0.6 is 0 Å². The summed E-state index contributed by atoms with van der Waals surface area (Å²) in [6.07, 6.45) is -3.54. The minimum atomic E-state index is -3.63. The molecule has 0 radical (unpaired) electrons.